The molecule has 0 unspecified atom stereocenters. The van der Waals surface area contributed by atoms with Gasteiger partial charge >= 0.3 is 0 Å². The first-order chi connectivity index (χ1) is 8.70. The highest BCUT2D eigenvalue weighted by Crippen LogP contribution is 2.10. The van der Waals surface area contributed by atoms with E-state index in [1.165, 1.54) is 6.07 Å². The molecule has 0 bridgehead atoms. The van der Waals surface area contributed by atoms with Crippen LogP contribution in [0.4, 0.5) is 4.39 Å². The van der Waals surface area contributed by atoms with Gasteiger partial charge in [0.1, 0.15) is 12.1 Å². The molecule has 0 spiro atoms. The molecule has 0 aliphatic heterocycles. The Morgan fingerprint density at radius 1 is 1.06 bits per heavy atom. The van der Waals surface area contributed by atoms with Crippen LogP contribution in [0, 0.1) is 24.6 Å². The van der Waals surface area contributed by atoms with Crippen LogP contribution in [0.15, 0.2) is 42.5 Å². The number of aldehydes is 1. The van der Waals surface area contributed by atoms with E-state index >= 15 is 0 Å². The first kappa shape index (κ1) is 12.1. The lowest BCUT2D eigenvalue weighted by Gasteiger charge is -1.98. The molecule has 0 fully saturated rings. The highest BCUT2D eigenvalue weighted by atomic mass is 19.1. The Labute approximate surface area is 105 Å². The molecule has 2 rings (SSSR count). The third kappa shape index (κ3) is 2.64. The van der Waals surface area contributed by atoms with Crippen LogP contribution in [0.1, 0.15) is 27.0 Å². The van der Waals surface area contributed by atoms with E-state index in [0.717, 1.165) is 17.4 Å². The Bertz CT molecular complexity index is 648. The lowest BCUT2D eigenvalue weighted by atomic mass is 10.1. The van der Waals surface area contributed by atoms with Gasteiger partial charge in [-0.25, -0.2) is 4.39 Å². The zero-order chi connectivity index (χ0) is 13.0. The zero-order valence-electron chi connectivity index (χ0n) is 9.91. The molecular weight excluding hydrogens is 227 g/mol. The van der Waals surface area contributed by atoms with Crippen LogP contribution >= 0.6 is 0 Å². The third-order valence-electron chi connectivity index (χ3n) is 2.60. The van der Waals surface area contributed by atoms with Crippen molar-refractivity contribution in [2.75, 3.05) is 0 Å². The van der Waals surface area contributed by atoms with Crippen molar-refractivity contribution in [3.63, 3.8) is 0 Å². The van der Waals surface area contributed by atoms with Crippen LogP contribution in [0.5, 0.6) is 0 Å². The molecule has 0 N–H and O–H groups in total. The third-order valence-corrected chi connectivity index (χ3v) is 2.60. The van der Waals surface area contributed by atoms with Gasteiger partial charge in [0, 0.05) is 11.1 Å². The molecule has 1 nitrogen and oxygen atoms in total. The summed E-state index contributed by atoms with van der Waals surface area (Å²) in [5, 5.41) is 0. The molecule has 0 aliphatic rings. The average molecular weight is 238 g/mol. The molecule has 0 aliphatic carbocycles. The Hall–Kier alpha value is -2.40. The summed E-state index contributed by atoms with van der Waals surface area (Å²) >= 11 is 0. The summed E-state index contributed by atoms with van der Waals surface area (Å²) in [5.74, 6) is 5.34. The number of hydrogen-bond donors (Lipinski definition) is 0. The number of halogens is 1. The van der Waals surface area contributed by atoms with Crippen LogP contribution in [-0.2, 0) is 0 Å². The minimum atomic E-state index is -0.339. The van der Waals surface area contributed by atoms with Crippen molar-refractivity contribution in [2.45, 2.75) is 6.92 Å². The van der Waals surface area contributed by atoms with E-state index in [1.54, 1.807) is 30.3 Å². The minimum absolute atomic E-state index is 0.339. The Balaban J connectivity index is 2.41. The van der Waals surface area contributed by atoms with Crippen LogP contribution < -0.4 is 0 Å². The summed E-state index contributed by atoms with van der Waals surface area (Å²) < 4.78 is 13.4. The molecule has 2 aromatic rings. The van der Waals surface area contributed by atoms with Gasteiger partial charge in [0.15, 0.2) is 0 Å². The van der Waals surface area contributed by atoms with Gasteiger partial charge in [0.25, 0.3) is 0 Å². The fraction of sp³-hybridized carbons (Fsp3) is 0.0625. The average Bonchev–Trinajstić information content (AvgIpc) is 2.39. The summed E-state index contributed by atoms with van der Waals surface area (Å²) in [7, 11) is 0. The Morgan fingerprint density at radius 2 is 1.78 bits per heavy atom. The topological polar surface area (TPSA) is 17.1 Å². The maximum absolute atomic E-state index is 13.4. The largest absolute Gasteiger partial charge is 0.298 e. The summed E-state index contributed by atoms with van der Waals surface area (Å²) in [4.78, 5) is 10.7. The van der Waals surface area contributed by atoms with Crippen molar-refractivity contribution >= 4 is 6.29 Å². The van der Waals surface area contributed by atoms with Crippen LogP contribution in [0.2, 0.25) is 0 Å². The molecule has 2 heteroatoms. The smallest absolute Gasteiger partial charge is 0.150 e. The van der Waals surface area contributed by atoms with Crippen molar-refractivity contribution in [3.8, 4) is 11.8 Å². The molecule has 18 heavy (non-hydrogen) atoms. The summed E-state index contributed by atoms with van der Waals surface area (Å²) in [6.07, 6.45) is 0.772. The van der Waals surface area contributed by atoms with E-state index in [9.17, 15) is 9.18 Å². The summed E-state index contributed by atoms with van der Waals surface area (Å²) in [5.41, 5.74) is 2.62. The molecular formula is C16H11FO. The first-order valence-corrected chi connectivity index (χ1v) is 5.53. The predicted octanol–water partition coefficient (Wildman–Crippen LogP) is 3.35. The molecule has 2 aromatic carbocycles. The standard InChI is InChI=1S/C16H11FO/c1-12-6-7-13(11-18)10-15(12)9-8-14-4-2-3-5-16(14)17/h2-7,10-11H,1H3. The van der Waals surface area contributed by atoms with Crippen molar-refractivity contribution in [3.05, 3.63) is 70.5 Å². The van der Waals surface area contributed by atoms with Gasteiger partial charge in [0.2, 0.25) is 0 Å². The number of aryl methyl sites for hydroxylation is 1. The SMILES string of the molecule is Cc1ccc(C=O)cc1C#Cc1ccccc1F. The van der Waals surface area contributed by atoms with Crippen molar-refractivity contribution < 1.29 is 9.18 Å². The molecule has 0 radical (unpaired) electrons. The van der Waals surface area contributed by atoms with Gasteiger partial charge in [0.05, 0.1) is 5.56 Å². The fourth-order valence-electron chi connectivity index (χ4n) is 1.54. The quantitative estimate of drug-likeness (QED) is 0.550. The van der Waals surface area contributed by atoms with E-state index in [4.69, 9.17) is 0 Å². The van der Waals surface area contributed by atoms with Gasteiger partial charge < -0.3 is 0 Å². The van der Waals surface area contributed by atoms with Gasteiger partial charge in [-0.05, 0) is 30.7 Å². The second-order valence-corrected chi connectivity index (χ2v) is 3.92. The van der Waals surface area contributed by atoms with E-state index in [-0.39, 0.29) is 5.82 Å². The van der Waals surface area contributed by atoms with Crippen molar-refractivity contribution in [2.24, 2.45) is 0 Å². The summed E-state index contributed by atoms with van der Waals surface area (Å²) in [6, 6.07) is 11.6. The van der Waals surface area contributed by atoms with Gasteiger partial charge in [-0.1, -0.05) is 36.1 Å². The number of benzene rings is 2. The van der Waals surface area contributed by atoms with Gasteiger partial charge in [-0.2, -0.15) is 0 Å². The van der Waals surface area contributed by atoms with E-state index in [0.29, 0.717) is 11.1 Å². The minimum Gasteiger partial charge on any atom is -0.298 e. The lowest BCUT2D eigenvalue weighted by molar-refractivity contribution is 0.112. The summed E-state index contributed by atoms with van der Waals surface area (Å²) in [6.45, 7) is 1.90. The Morgan fingerprint density at radius 3 is 2.50 bits per heavy atom. The molecule has 0 saturated carbocycles. The predicted molar refractivity (Wildman–Crippen MR) is 68.9 cm³/mol. The highest BCUT2D eigenvalue weighted by Gasteiger charge is 1.98. The van der Waals surface area contributed by atoms with Gasteiger partial charge in [-0.3, -0.25) is 4.79 Å². The molecule has 88 valence electrons. The Kier molecular flexibility index (Phi) is 3.54. The second kappa shape index (κ2) is 5.29. The lowest BCUT2D eigenvalue weighted by Crippen LogP contribution is -1.87. The van der Waals surface area contributed by atoms with Crippen molar-refractivity contribution in [1.29, 1.82) is 0 Å². The monoisotopic (exact) mass is 238 g/mol. The van der Waals surface area contributed by atoms with E-state index in [1.807, 2.05) is 13.0 Å². The molecule has 0 aromatic heterocycles. The number of hydrogen-bond acceptors (Lipinski definition) is 1. The van der Waals surface area contributed by atoms with Crippen molar-refractivity contribution in [1.82, 2.24) is 0 Å². The van der Waals surface area contributed by atoms with Crippen LogP contribution in [0.3, 0.4) is 0 Å². The molecule has 0 amide bonds. The van der Waals surface area contributed by atoms with Crippen LogP contribution in [-0.4, -0.2) is 6.29 Å². The highest BCUT2D eigenvalue weighted by molar-refractivity contribution is 5.76. The maximum Gasteiger partial charge on any atom is 0.150 e. The fourth-order valence-corrected chi connectivity index (χ4v) is 1.54. The number of rotatable bonds is 1. The molecule has 0 atom stereocenters. The first-order valence-electron chi connectivity index (χ1n) is 5.53. The van der Waals surface area contributed by atoms with E-state index in [2.05, 4.69) is 11.8 Å². The molecule has 0 heterocycles. The second-order valence-electron chi connectivity index (χ2n) is 3.92. The zero-order valence-corrected chi connectivity index (χ0v) is 9.91. The van der Waals surface area contributed by atoms with Gasteiger partial charge in [-0.15, -0.1) is 0 Å². The number of carbonyl (C=O) groups is 1. The van der Waals surface area contributed by atoms with Crippen LogP contribution in [0.25, 0.3) is 0 Å². The number of carbonyl (C=O) groups excluding carboxylic acids is 1. The maximum atomic E-state index is 13.4. The molecule has 0 saturated heterocycles. The normalized spacial score (nSPS) is 9.44. The van der Waals surface area contributed by atoms with E-state index < -0.39 is 0 Å².